The van der Waals surface area contributed by atoms with E-state index in [0.29, 0.717) is 40.5 Å². The first kappa shape index (κ1) is 23.8. The normalized spacial score (nSPS) is 14.6. The molecule has 1 amide bonds. The fraction of sp³-hybridized carbons (Fsp3) is 0.179. The number of hydrogen-bond acceptors (Lipinski definition) is 4. The number of amides is 1. The van der Waals surface area contributed by atoms with Gasteiger partial charge in [0.25, 0.3) is 5.91 Å². The number of nitrogens with zero attached hydrogens (tertiary/aromatic N) is 2. The standard InChI is InChI=1S/C28H20F3N3O4/c29-28(30,31)19-5-1-16(2-6-19)15-34-24-21(13-23-20(9-12-38-23)22(24)14-32-34)25(35)33-27(10-11-27)18-7-3-17(4-8-18)26(36)37/h1-9,12-14H,10-11,15H2,(H,33,35)(H,36,37). The largest absolute Gasteiger partial charge is 0.478 e. The lowest BCUT2D eigenvalue weighted by atomic mass is 10.0. The molecule has 0 atom stereocenters. The predicted octanol–water partition coefficient (Wildman–Crippen LogP) is 5.97. The Labute approximate surface area is 213 Å². The van der Waals surface area contributed by atoms with Gasteiger partial charge < -0.3 is 14.8 Å². The number of carbonyl (C=O) groups excluding carboxylic acids is 1. The maximum Gasteiger partial charge on any atom is 0.416 e. The van der Waals surface area contributed by atoms with Crippen molar-refractivity contribution in [2.45, 2.75) is 31.1 Å². The molecule has 0 spiro atoms. The van der Waals surface area contributed by atoms with Crippen LogP contribution in [0.15, 0.2) is 77.5 Å². The van der Waals surface area contributed by atoms with Crippen LogP contribution in [0.25, 0.3) is 21.9 Å². The Morgan fingerprint density at radius 1 is 1.03 bits per heavy atom. The summed E-state index contributed by atoms with van der Waals surface area (Å²) < 4.78 is 46.1. The first-order valence-corrected chi connectivity index (χ1v) is 11.8. The highest BCUT2D eigenvalue weighted by Gasteiger charge is 2.46. The molecule has 0 unspecified atom stereocenters. The maximum absolute atomic E-state index is 13.7. The van der Waals surface area contributed by atoms with Crippen molar-refractivity contribution in [2.75, 3.05) is 0 Å². The van der Waals surface area contributed by atoms with Crippen LogP contribution in [0.2, 0.25) is 0 Å². The van der Waals surface area contributed by atoms with Crippen LogP contribution in [0.5, 0.6) is 0 Å². The van der Waals surface area contributed by atoms with Gasteiger partial charge in [-0.25, -0.2) is 4.79 Å². The topological polar surface area (TPSA) is 97.4 Å². The lowest BCUT2D eigenvalue weighted by Gasteiger charge is -2.19. The number of carboxylic acid groups (broad SMARTS) is 1. The molecule has 38 heavy (non-hydrogen) atoms. The van der Waals surface area contributed by atoms with E-state index in [9.17, 15) is 27.9 Å². The number of fused-ring (bicyclic) bond motifs is 3. The summed E-state index contributed by atoms with van der Waals surface area (Å²) in [6.07, 6.45) is 0.100. The number of carbonyl (C=O) groups is 2. The van der Waals surface area contributed by atoms with Crippen LogP contribution < -0.4 is 5.32 Å². The molecule has 1 saturated carbocycles. The SMILES string of the molecule is O=C(O)c1ccc(C2(NC(=O)c3cc4occc4c4cnn(Cc5ccc(C(F)(F)F)cc5)c34)CC2)cc1. The van der Waals surface area contributed by atoms with Crippen LogP contribution in [0.4, 0.5) is 13.2 Å². The van der Waals surface area contributed by atoms with Crippen LogP contribution in [-0.2, 0) is 18.3 Å². The van der Waals surface area contributed by atoms with Gasteiger partial charge in [-0.2, -0.15) is 18.3 Å². The zero-order chi connectivity index (χ0) is 26.7. The number of furan rings is 1. The molecule has 6 rings (SSSR count). The summed E-state index contributed by atoms with van der Waals surface area (Å²) in [5, 5.41) is 18.2. The first-order chi connectivity index (χ1) is 18.1. The molecule has 5 aromatic rings. The van der Waals surface area contributed by atoms with Crippen LogP contribution >= 0.6 is 0 Å². The second-order valence-corrected chi connectivity index (χ2v) is 9.43. The molecule has 2 N–H and O–H groups in total. The molecule has 0 saturated heterocycles. The maximum atomic E-state index is 13.7. The van der Waals surface area contributed by atoms with E-state index in [4.69, 9.17) is 4.42 Å². The van der Waals surface area contributed by atoms with Crippen molar-refractivity contribution < 1.29 is 32.3 Å². The molecule has 2 aromatic heterocycles. The molecular weight excluding hydrogens is 499 g/mol. The zero-order valence-electron chi connectivity index (χ0n) is 19.7. The Hall–Kier alpha value is -4.60. The van der Waals surface area contributed by atoms with Gasteiger partial charge in [0.2, 0.25) is 0 Å². The zero-order valence-corrected chi connectivity index (χ0v) is 19.7. The highest BCUT2D eigenvalue weighted by molar-refractivity contribution is 6.15. The average molecular weight is 519 g/mol. The molecule has 192 valence electrons. The molecule has 7 nitrogen and oxygen atoms in total. The van der Waals surface area contributed by atoms with E-state index in [1.807, 2.05) is 0 Å². The quantitative estimate of drug-likeness (QED) is 0.288. The number of carboxylic acids is 1. The smallest absolute Gasteiger partial charge is 0.416 e. The summed E-state index contributed by atoms with van der Waals surface area (Å²) in [7, 11) is 0. The molecule has 10 heteroatoms. The van der Waals surface area contributed by atoms with Crippen molar-refractivity contribution in [3.8, 4) is 0 Å². The monoisotopic (exact) mass is 519 g/mol. The van der Waals surface area contributed by atoms with Crippen LogP contribution in [0, 0.1) is 0 Å². The van der Waals surface area contributed by atoms with Crippen LogP contribution in [0.3, 0.4) is 0 Å². The average Bonchev–Trinajstić information content (AvgIpc) is 3.30. The van der Waals surface area contributed by atoms with E-state index in [1.54, 1.807) is 35.1 Å². The lowest BCUT2D eigenvalue weighted by Crippen LogP contribution is -2.35. The number of benzene rings is 3. The number of alkyl halides is 3. The fourth-order valence-corrected chi connectivity index (χ4v) is 4.81. The van der Waals surface area contributed by atoms with E-state index >= 15 is 0 Å². The van der Waals surface area contributed by atoms with Gasteiger partial charge in [-0.1, -0.05) is 24.3 Å². The third-order valence-corrected chi connectivity index (χ3v) is 7.00. The van der Waals surface area contributed by atoms with Gasteiger partial charge in [0.1, 0.15) is 5.58 Å². The Morgan fingerprint density at radius 2 is 1.74 bits per heavy atom. The van der Waals surface area contributed by atoms with Crippen LogP contribution in [-0.4, -0.2) is 26.8 Å². The molecule has 1 aliphatic rings. The fourth-order valence-electron chi connectivity index (χ4n) is 4.81. The van der Waals surface area contributed by atoms with E-state index in [1.165, 1.54) is 30.5 Å². The third-order valence-electron chi connectivity index (χ3n) is 7.00. The Balaban J connectivity index is 1.36. The van der Waals surface area contributed by atoms with Gasteiger partial charge >= 0.3 is 12.1 Å². The number of halogens is 3. The number of rotatable bonds is 6. The van der Waals surface area contributed by atoms with E-state index < -0.39 is 23.2 Å². The van der Waals surface area contributed by atoms with E-state index in [-0.39, 0.29) is 18.0 Å². The summed E-state index contributed by atoms with van der Waals surface area (Å²) in [4.78, 5) is 24.9. The first-order valence-electron chi connectivity index (χ1n) is 11.8. The summed E-state index contributed by atoms with van der Waals surface area (Å²) in [6, 6.07) is 14.7. The van der Waals surface area contributed by atoms with Gasteiger partial charge in [0.15, 0.2) is 0 Å². The van der Waals surface area contributed by atoms with Gasteiger partial charge in [-0.3, -0.25) is 9.48 Å². The van der Waals surface area contributed by atoms with Crippen molar-refractivity contribution in [1.29, 1.82) is 0 Å². The van der Waals surface area contributed by atoms with Crippen molar-refractivity contribution >= 4 is 33.7 Å². The highest BCUT2D eigenvalue weighted by atomic mass is 19.4. The van der Waals surface area contributed by atoms with Crippen molar-refractivity contribution in [3.63, 3.8) is 0 Å². The van der Waals surface area contributed by atoms with E-state index in [2.05, 4.69) is 10.4 Å². The number of aromatic nitrogens is 2. The van der Waals surface area contributed by atoms with Crippen LogP contribution in [0.1, 0.15) is 50.2 Å². The van der Waals surface area contributed by atoms with Crippen molar-refractivity contribution in [2.24, 2.45) is 0 Å². The predicted molar refractivity (Wildman–Crippen MR) is 132 cm³/mol. The number of nitrogens with one attached hydrogen (secondary N) is 1. The van der Waals surface area contributed by atoms with E-state index in [0.717, 1.165) is 23.1 Å². The van der Waals surface area contributed by atoms with Gasteiger partial charge in [-0.05, 0) is 60.4 Å². The minimum Gasteiger partial charge on any atom is -0.478 e. The van der Waals surface area contributed by atoms with Gasteiger partial charge in [0.05, 0.1) is 46.8 Å². The summed E-state index contributed by atoms with van der Waals surface area (Å²) >= 11 is 0. The van der Waals surface area contributed by atoms with Crippen molar-refractivity contribution in [1.82, 2.24) is 15.1 Å². The second kappa shape index (κ2) is 8.47. The molecule has 2 heterocycles. The molecule has 0 bridgehead atoms. The molecule has 0 aliphatic heterocycles. The molecule has 0 radical (unpaired) electrons. The van der Waals surface area contributed by atoms with Crippen molar-refractivity contribution in [3.05, 3.63) is 101 Å². The molecular formula is C28H20F3N3O4. The minimum absolute atomic E-state index is 0.160. The second-order valence-electron chi connectivity index (χ2n) is 9.43. The highest BCUT2D eigenvalue weighted by Crippen LogP contribution is 2.46. The van der Waals surface area contributed by atoms with Gasteiger partial charge in [0, 0.05) is 10.8 Å². The number of aromatic carboxylic acids is 1. The molecule has 1 aliphatic carbocycles. The Morgan fingerprint density at radius 3 is 2.37 bits per heavy atom. The number of hydrogen-bond donors (Lipinski definition) is 2. The minimum atomic E-state index is -4.43. The molecule has 1 fully saturated rings. The summed E-state index contributed by atoms with van der Waals surface area (Å²) in [5.74, 6) is -1.39. The summed E-state index contributed by atoms with van der Waals surface area (Å²) in [5.41, 5.74) is 1.58. The summed E-state index contributed by atoms with van der Waals surface area (Å²) in [6.45, 7) is 0.160. The third kappa shape index (κ3) is 4.07. The lowest BCUT2D eigenvalue weighted by molar-refractivity contribution is -0.137. The Bertz CT molecular complexity index is 1700. The molecule has 3 aromatic carbocycles. The van der Waals surface area contributed by atoms with Gasteiger partial charge in [-0.15, -0.1) is 0 Å². The Kier molecular flexibility index (Phi) is 5.30.